The van der Waals surface area contributed by atoms with Crippen molar-refractivity contribution in [2.45, 2.75) is 0 Å². The lowest BCUT2D eigenvalue weighted by Gasteiger charge is -2.27. The summed E-state index contributed by atoms with van der Waals surface area (Å²) < 4.78 is 6.97. The summed E-state index contributed by atoms with van der Waals surface area (Å²) in [5.74, 6) is 1.68. The van der Waals surface area contributed by atoms with Gasteiger partial charge in [-0.15, -0.1) is 15.3 Å². The SMILES string of the molecule is c1cc(N2CCOCC2)ncc1Nc1ccc2nncn2n1. The molecular weight excluding hydrogens is 282 g/mol. The van der Waals surface area contributed by atoms with Gasteiger partial charge in [0.05, 0.1) is 25.1 Å². The van der Waals surface area contributed by atoms with Crippen LogP contribution in [0.4, 0.5) is 17.3 Å². The van der Waals surface area contributed by atoms with Gasteiger partial charge in [0.1, 0.15) is 12.1 Å². The first-order valence-electron chi connectivity index (χ1n) is 7.11. The van der Waals surface area contributed by atoms with E-state index in [4.69, 9.17) is 4.74 Å². The van der Waals surface area contributed by atoms with E-state index in [2.05, 4.69) is 30.5 Å². The molecule has 3 aromatic heterocycles. The van der Waals surface area contributed by atoms with Crippen molar-refractivity contribution >= 4 is 23.0 Å². The van der Waals surface area contributed by atoms with E-state index in [1.807, 2.05) is 30.5 Å². The zero-order valence-corrected chi connectivity index (χ0v) is 11.9. The average Bonchev–Trinajstić information content (AvgIpc) is 3.04. The molecule has 4 rings (SSSR count). The molecule has 3 aromatic rings. The molecule has 1 N–H and O–H groups in total. The van der Waals surface area contributed by atoms with Crippen molar-refractivity contribution in [2.24, 2.45) is 0 Å². The number of rotatable bonds is 3. The van der Waals surface area contributed by atoms with Crippen LogP contribution in [0, 0.1) is 0 Å². The molecular formula is C14H15N7O. The van der Waals surface area contributed by atoms with Gasteiger partial charge in [-0.05, 0) is 24.3 Å². The minimum absolute atomic E-state index is 0.714. The minimum atomic E-state index is 0.714. The molecule has 0 unspecified atom stereocenters. The van der Waals surface area contributed by atoms with Crippen molar-refractivity contribution in [3.05, 3.63) is 36.8 Å². The van der Waals surface area contributed by atoms with Crippen molar-refractivity contribution in [2.75, 3.05) is 36.5 Å². The Morgan fingerprint density at radius 2 is 2.00 bits per heavy atom. The van der Waals surface area contributed by atoms with E-state index in [1.54, 1.807) is 10.8 Å². The topological polar surface area (TPSA) is 80.5 Å². The normalized spacial score (nSPS) is 15.2. The number of fused-ring (bicyclic) bond motifs is 1. The van der Waals surface area contributed by atoms with Gasteiger partial charge in [-0.3, -0.25) is 0 Å². The molecule has 0 aliphatic carbocycles. The van der Waals surface area contributed by atoms with E-state index in [0.717, 1.165) is 37.8 Å². The molecule has 1 fully saturated rings. The second-order valence-electron chi connectivity index (χ2n) is 4.98. The summed E-state index contributed by atoms with van der Waals surface area (Å²) in [6.45, 7) is 3.27. The van der Waals surface area contributed by atoms with Crippen molar-refractivity contribution < 1.29 is 4.74 Å². The number of anilines is 3. The summed E-state index contributed by atoms with van der Waals surface area (Å²) in [5, 5.41) is 15.3. The fourth-order valence-electron chi connectivity index (χ4n) is 2.38. The van der Waals surface area contributed by atoms with E-state index < -0.39 is 0 Å². The Bertz CT molecular complexity index is 764. The van der Waals surface area contributed by atoms with Gasteiger partial charge in [-0.25, -0.2) is 4.98 Å². The lowest BCUT2D eigenvalue weighted by Crippen LogP contribution is -2.36. The fraction of sp³-hybridized carbons (Fsp3) is 0.286. The highest BCUT2D eigenvalue weighted by atomic mass is 16.5. The zero-order valence-electron chi connectivity index (χ0n) is 11.9. The summed E-state index contributed by atoms with van der Waals surface area (Å²) in [6, 6.07) is 7.72. The number of morpholine rings is 1. The average molecular weight is 297 g/mol. The van der Waals surface area contributed by atoms with Crippen molar-refractivity contribution in [3.63, 3.8) is 0 Å². The van der Waals surface area contributed by atoms with Gasteiger partial charge in [0.25, 0.3) is 0 Å². The Balaban J connectivity index is 1.50. The third-order valence-corrected chi connectivity index (χ3v) is 3.52. The van der Waals surface area contributed by atoms with Gasteiger partial charge < -0.3 is 15.0 Å². The third-order valence-electron chi connectivity index (χ3n) is 3.52. The predicted molar refractivity (Wildman–Crippen MR) is 81.3 cm³/mol. The molecule has 1 saturated heterocycles. The van der Waals surface area contributed by atoms with E-state index >= 15 is 0 Å². The maximum absolute atomic E-state index is 5.35. The van der Waals surface area contributed by atoms with E-state index in [1.165, 1.54) is 0 Å². The summed E-state index contributed by atoms with van der Waals surface area (Å²) in [7, 11) is 0. The standard InChI is InChI=1S/C14H15N7O/c1-3-13(20-5-7-22-8-6-20)15-9-11(1)17-12-2-4-14-18-16-10-21(14)19-12/h1-4,9-10H,5-8H2,(H,17,19). The fourth-order valence-corrected chi connectivity index (χ4v) is 2.38. The summed E-state index contributed by atoms with van der Waals surface area (Å²) in [6.07, 6.45) is 3.38. The molecule has 4 heterocycles. The quantitative estimate of drug-likeness (QED) is 0.775. The van der Waals surface area contributed by atoms with Crippen LogP contribution < -0.4 is 10.2 Å². The van der Waals surface area contributed by atoms with E-state index in [0.29, 0.717) is 11.5 Å². The maximum atomic E-state index is 5.35. The Kier molecular flexibility index (Phi) is 3.28. The van der Waals surface area contributed by atoms with Crippen LogP contribution in [-0.2, 0) is 4.74 Å². The number of aromatic nitrogens is 5. The highest BCUT2D eigenvalue weighted by molar-refractivity contribution is 5.58. The number of nitrogens with zero attached hydrogens (tertiary/aromatic N) is 6. The molecule has 8 nitrogen and oxygen atoms in total. The molecule has 1 aliphatic heterocycles. The smallest absolute Gasteiger partial charge is 0.177 e. The number of nitrogens with one attached hydrogen (secondary N) is 1. The molecule has 0 spiro atoms. The van der Waals surface area contributed by atoms with Gasteiger partial charge in [-0.2, -0.15) is 4.52 Å². The van der Waals surface area contributed by atoms with E-state index in [9.17, 15) is 0 Å². The maximum Gasteiger partial charge on any atom is 0.177 e. The largest absolute Gasteiger partial charge is 0.378 e. The highest BCUT2D eigenvalue weighted by Gasteiger charge is 2.12. The summed E-state index contributed by atoms with van der Waals surface area (Å²) in [4.78, 5) is 6.72. The lowest BCUT2D eigenvalue weighted by atomic mass is 10.3. The summed E-state index contributed by atoms with van der Waals surface area (Å²) >= 11 is 0. The van der Waals surface area contributed by atoms with Crippen LogP contribution in [0.2, 0.25) is 0 Å². The first-order chi connectivity index (χ1) is 10.9. The van der Waals surface area contributed by atoms with Gasteiger partial charge in [0.2, 0.25) is 0 Å². The molecule has 22 heavy (non-hydrogen) atoms. The second kappa shape index (κ2) is 5.57. The third kappa shape index (κ3) is 2.56. The van der Waals surface area contributed by atoms with Crippen LogP contribution in [0.25, 0.3) is 5.65 Å². The Hall–Kier alpha value is -2.74. The monoisotopic (exact) mass is 297 g/mol. The molecule has 0 amide bonds. The Labute approximate surface area is 126 Å². The van der Waals surface area contributed by atoms with Crippen LogP contribution in [0.15, 0.2) is 36.8 Å². The highest BCUT2D eigenvalue weighted by Crippen LogP contribution is 2.18. The molecule has 0 aromatic carbocycles. The van der Waals surface area contributed by atoms with Gasteiger partial charge >= 0.3 is 0 Å². The van der Waals surface area contributed by atoms with Crippen LogP contribution >= 0.6 is 0 Å². The van der Waals surface area contributed by atoms with Crippen molar-refractivity contribution in [1.82, 2.24) is 24.8 Å². The van der Waals surface area contributed by atoms with Gasteiger partial charge in [0, 0.05) is 13.1 Å². The molecule has 112 valence electrons. The molecule has 1 aliphatic rings. The second-order valence-corrected chi connectivity index (χ2v) is 4.98. The van der Waals surface area contributed by atoms with Crippen LogP contribution in [0.1, 0.15) is 0 Å². The predicted octanol–water partition coefficient (Wildman–Crippen LogP) is 1.10. The lowest BCUT2D eigenvalue weighted by molar-refractivity contribution is 0.122. The summed E-state index contributed by atoms with van der Waals surface area (Å²) in [5.41, 5.74) is 1.60. The Morgan fingerprint density at radius 3 is 2.82 bits per heavy atom. The first-order valence-corrected chi connectivity index (χ1v) is 7.11. The Morgan fingerprint density at radius 1 is 1.09 bits per heavy atom. The van der Waals surface area contributed by atoms with Crippen LogP contribution in [-0.4, -0.2) is 51.1 Å². The van der Waals surface area contributed by atoms with Gasteiger partial charge in [-0.1, -0.05) is 0 Å². The van der Waals surface area contributed by atoms with Crippen LogP contribution in [0.3, 0.4) is 0 Å². The van der Waals surface area contributed by atoms with Gasteiger partial charge in [0.15, 0.2) is 11.5 Å². The number of pyridine rings is 1. The number of hydrogen-bond acceptors (Lipinski definition) is 7. The first kappa shape index (κ1) is 13.0. The van der Waals surface area contributed by atoms with E-state index in [-0.39, 0.29) is 0 Å². The molecule has 0 atom stereocenters. The van der Waals surface area contributed by atoms with Crippen molar-refractivity contribution in [1.29, 1.82) is 0 Å². The van der Waals surface area contributed by atoms with Crippen molar-refractivity contribution in [3.8, 4) is 0 Å². The minimum Gasteiger partial charge on any atom is -0.378 e. The molecule has 0 bridgehead atoms. The number of hydrogen-bond donors (Lipinski definition) is 1. The molecule has 8 heteroatoms. The molecule has 0 saturated carbocycles. The zero-order chi connectivity index (χ0) is 14.8. The molecule has 0 radical (unpaired) electrons. The van der Waals surface area contributed by atoms with Crippen LogP contribution in [0.5, 0.6) is 0 Å². The number of ether oxygens (including phenoxy) is 1.